The molecule has 0 saturated carbocycles. The molecule has 1 atom stereocenters. The number of carbonyl (C=O) groups is 1. The maximum Gasteiger partial charge on any atom is 0.307 e. The number of hydrogen-bond donors (Lipinski definition) is 0. The molecule has 21 heavy (non-hydrogen) atoms. The fraction of sp³-hybridized carbons (Fsp3) is 0.611. The number of nitrogens with zero attached hydrogens (tertiary/aromatic N) is 1. The number of benzene rings is 1. The van der Waals surface area contributed by atoms with Gasteiger partial charge in [-0.05, 0) is 51.4 Å². The molecule has 1 aromatic carbocycles. The Hall–Kier alpha value is -1.35. The lowest BCUT2D eigenvalue weighted by atomic mass is 9.86. The highest BCUT2D eigenvalue weighted by atomic mass is 16.5. The van der Waals surface area contributed by atoms with E-state index in [2.05, 4.69) is 49.9 Å². The van der Waals surface area contributed by atoms with Crippen molar-refractivity contribution in [3.05, 3.63) is 35.4 Å². The van der Waals surface area contributed by atoms with Crippen molar-refractivity contribution in [2.24, 2.45) is 5.92 Å². The number of ether oxygens (including phenoxy) is 1. The quantitative estimate of drug-likeness (QED) is 0.719. The third-order valence-corrected chi connectivity index (χ3v) is 4.00. The van der Waals surface area contributed by atoms with Crippen LogP contribution in [0.25, 0.3) is 0 Å². The molecule has 1 aromatic rings. The summed E-state index contributed by atoms with van der Waals surface area (Å²) < 4.78 is 5.12. The molecule has 0 fully saturated rings. The first-order valence-corrected chi connectivity index (χ1v) is 7.72. The highest BCUT2D eigenvalue weighted by Crippen LogP contribution is 2.30. The molecule has 0 radical (unpaired) electrons. The van der Waals surface area contributed by atoms with Crippen LogP contribution in [0.3, 0.4) is 0 Å². The first kappa shape index (κ1) is 17.7. The minimum Gasteiger partial charge on any atom is -0.466 e. The Morgan fingerprint density at radius 2 is 1.81 bits per heavy atom. The van der Waals surface area contributed by atoms with Crippen LogP contribution in [0, 0.1) is 5.92 Å². The van der Waals surface area contributed by atoms with Crippen LogP contribution in [0.4, 0.5) is 0 Å². The second-order valence-corrected chi connectivity index (χ2v) is 6.44. The molecule has 0 aromatic heterocycles. The van der Waals surface area contributed by atoms with Crippen LogP contribution in [0.5, 0.6) is 0 Å². The first-order valence-electron chi connectivity index (χ1n) is 7.72. The number of carbonyl (C=O) groups excluding carboxylic acids is 1. The van der Waals surface area contributed by atoms with Gasteiger partial charge in [0.1, 0.15) is 0 Å². The summed E-state index contributed by atoms with van der Waals surface area (Å²) in [6.07, 6.45) is 1.44. The van der Waals surface area contributed by atoms with Gasteiger partial charge in [0.15, 0.2) is 0 Å². The van der Waals surface area contributed by atoms with Gasteiger partial charge in [-0.3, -0.25) is 9.69 Å². The summed E-state index contributed by atoms with van der Waals surface area (Å²) in [7, 11) is 4.00. The molecule has 0 amide bonds. The third kappa shape index (κ3) is 4.85. The molecule has 0 aliphatic carbocycles. The van der Waals surface area contributed by atoms with Crippen LogP contribution in [0.15, 0.2) is 24.3 Å². The topological polar surface area (TPSA) is 29.5 Å². The highest BCUT2D eigenvalue weighted by Gasteiger charge is 2.32. The van der Waals surface area contributed by atoms with E-state index in [0.29, 0.717) is 18.9 Å². The summed E-state index contributed by atoms with van der Waals surface area (Å²) in [5.74, 6) is 0.496. The molecule has 1 unspecified atom stereocenters. The van der Waals surface area contributed by atoms with Crippen molar-refractivity contribution in [1.29, 1.82) is 0 Å². The monoisotopic (exact) mass is 291 g/mol. The Morgan fingerprint density at radius 1 is 1.24 bits per heavy atom. The Labute approximate surface area is 129 Å². The van der Waals surface area contributed by atoms with Crippen LogP contribution in [0.1, 0.15) is 45.2 Å². The SMILES string of the molecule is CCOC(=O)CC(C)(c1ccc(CC(C)C)cc1)N(C)C. The van der Waals surface area contributed by atoms with Crippen LogP contribution in [-0.2, 0) is 21.5 Å². The predicted molar refractivity (Wildman–Crippen MR) is 87.3 cm³/mol. The third-order valence-electron chi connectivity index (χ3n) is 4.00. The van der Waals surface area contributed by atoms with Gasteiger partial charge in [0.2, 0.25) is 0 Å². The van der Waals surface area contributed by atoms with E-state index < -0.39 is 0 Å². The molecule has 3 heteroatoms. The van der Waals surface area contributed by atoms with Gasteiger partial charge < -0.3 is 4.74 Å². The molecule has 1 rings (SSSR count). The maximum absolute atomic E-state index is 11.9. The Balaban J connectivity index is 2.97. The minimum atomic E-state index is -0.345. The first-order chi connectivity index (χ1) is 9.79. The average Bonchev–Trinajstić information content (AvgIpc) is 2.38. The van der Waals surface area contributed by atoms with Crippen LogP contribution in [0.2, 0.25) is 0 Å². The maximum atomic E-state index is 11.9. The molecular weight excluding hydrogens is 262 g/mol. The summed E-state index contributed by atoms with van der Waals surface area (Å²) in [4.78, 5) is 14.0. The molecule has 0 saturated heterocycles. The van der Waals surface area contributed by atoms with E-state index >= 15 is 0 Å². The molecule has 0 N–H and O–H groups in total. The van der Waals surface area contributed by atoms with Gasteiger partial charge >= 0.3 is 5.97 Å². The summed E-state index contributed by atoms with van der Waals surface area (Å²) >= 11 is 0. The standard InChI is InChI=1S/C18H29NO2/c1-7-21-17(20)13-18(4,19(5)6)16-10-8-15(9-11-16)12-14(2)3/h8-11,14H,7,12-13H2,1-6H3. The van der Waals surface area contributed by atoms with Crippen molar-refractivity contribution in [3.63, 3.8) is 0 Å². The number of esters is 1. The Kier molecular flexibility index (Phi) is 6.41. The smallest absolute Gasteiger partial charge is 0.307 e. The molecule has 0 aliphatic rings. The van der Waals surface area contributed by atoms with E-state index in [0.717, 1.165) is 12.0 Å². The average molecular weight is 291 g/mol. The van der Waals surface area contributed by atoms with Gasteiger partial charge in [-0.1, -0.05) is 38.1 Å². The van der Waals surface area contributed by atoms with E-state index in [1.165, 1.54) is 5.56 Å². The number of rotatable bonds is 7. The highest BCUT2D eigenvalue weighted by molar-refractivity contribution is 5.71. The Morgan fingerprint density at radius 3 is 2.24 bits per heavy atom. The molecule has 0 spiro atoms. The minimum absolute atomic E-state index is 0.153. The van der Waals surface area contributed by atoms with E-state index in [4.69, 9.17) is 4.74 Å². The van der Waals surface area contributed by atoms with Crippen LogP contribution in [-0.4, -0.2) is 31.6 Å². The van der Waals surface area contributed by atoms with Crippen molar-refractivity contribution in [3.8, 4) is 0 Å². The van der Waals surface area contributed by atoms with Crippen molar-refractivity contribution >= 4 is 5.97 Å². The summed E-state index contributed by atoms with van der Waals surface area (Å²) in [5, 5.41) is 0. The van der Waals surface area contributed by atoms with Crippen molar-refractivity contribution in [2.45, 2.75) is 46.1 Å². The van der Waals surface area contributed by atoms with Gasteiger partial charge in [-0.15, -0.1) is 0 Å². The molecule has 0 heterocycles. The van der Waals surface area contributed by atoms with Gasteiger partial charge in [-0.2, -0.15) is 0 Å². The van der Waals surface area contributed by atoms with E-state index in [-0.39, 0.29) is 11.5 Å². The zero-order valence-corrected chi connectivity index (χ0v) is 14.3. The van der Waals surface area contributed by atoms with Crippen molar-refractivity contribution in [1.82, 2.24) is 4.90 Å². The molecule has 3 nitrogen and oxygen atoms in total. The predicted octanol–water partition coefficient (Wildman–Crippen LogP) is 3.62. The normalized spacial score (nSPS) is 14.3. The summed E-state index contributed by atoms with van der Waals surface area (Å²) in [6, 6.07) is 8.61. The largest absolute Gasteiger partial charge is 0.466 e. The fourth-order valence-electron chi connectivity index (χ4n) is 2.48. The fourth-order valence-corrected chi connectivity index (χ4v) is 2.48. The lowest BCUT2D eigenvalue weighted by molar-refractivity contribution is -0.146. The molecule has 0 bridgehead atoms. The van der Waals surface area contributed by atoms with Crippen LogP contribution < -0.4 is 0 Å². The molecule has 118 valence electrons. The zero-order chi connectivity index (χ0) is 16.0. The second-order valence-electron chi connectivity index (χ2n) is 6.44. The van der Waals surface area contributed by atoms with E-state index in [1.807, 2.05) is 21.0 Å². The van der Waals surface area contributed by atoms with Crippen LogP contribution >= 0.6 is 0 Å². The molecule has 0 aliphatic heterocycles. The van der Waals surface area contributed by atoms with Crippen molar-refractivity contribution < 1.29 is 9.53 Å². The van der Waals surface area contributed by atoms with Gasteiger partial charge in [0.25, 0.3) is 0 Å². The lowest BCUT2D eigenvalue weighted by Gasteiger charge is -2.36. The van der Waals surface area contributed by atoms with Crippen molar-refractivity contribution in [2.75, 3.05) is 20.7 Å². The molecular formula is C18H29NO2. The summed E-state index contributed by atoms with van der Waals surface area (Å²) in [5.41, 5.74) is 2.14. The Bertz CT molecular complexity index is 451. The van der Waals surface area contributed by atoms with E-state index in [9.17, 15) is 4.79 Å². The van der Waals surface area contributed by atoms with E-state index in [1.54, 1.807) is 0 Å². The summed E-state index contributed by atoms with van der Waals surface area (Å²) in [6.45, 7) is 8.79. The van der Waals surface area contributed by atoms with Gasteiger partial charge in [0, 0.05) is 0 Å². The number of hydrogen-bond acceptors (Lipinski definition) is 3. The zero-order valence-electron chi connectivity index (χ0n) is 14.3. The van der Waals surface area contributed by atoms with Gasteiger partial charge in [0.05, 0.1) is 18.6 Å². The second kappa shape index (κ2) is 7.60. The lowest BCUT2D eigenvalue weighted by Crippen LogP contribution is -2.40. The van der Waals surface area contributed by atoms with Gasteiger partial charge in [-0.25, -0.2) is 0 Å².